The maximum Gasteiger partial charge on any atom is -0.0642 e. The summed E-state index contributed by atoms with van der Waals surface area (Å²) in [6.45, 7) is 4.47. The summed E-state index contributed by atoms with van der Waals surface area (Å²) in [6, 6.07) is 0. The molecule has 1 heteroatoms. The molecule has 0 N–H and O–H groups in total. The van der Waals surface area contributed by atoms with E-state index in [0.29, 0.717) is 0 Å². The summed E-state index contributed by atoms with van der Waals surface area (Å²) in [4.78, 5) is 0. The highest BCUT2D eigenvalue weighted by atomic mass is 14.9. The van der Waals surface area contributed by atoms with Gasteiger partial charge in [-0.05, 0) is 0 Å². The molecule has 0 aromatic rings. The second kappa shape index (κ2) is 1.61. The molecule has 0 aliphatic carbocycles. The molecule has 1 aliphatic heterocycles. The molecule has 1 unspecified atom stereocenters. The van der Waals surface area contributed by atoms with Gasteiger partial charge in [0.2, 0.25) is 0 Å². The summed E-state index contributed by atoms with van der Waals surface area (Å²) >= 11 is 0. The van der Waals surface area contributed by atoms with Crippen LogP contribution in [0.25, 0.3) is 5.32 Å². The van der Waals surface area contributed by atoms with Gasteiger partial charge in [-0.3, -0.25) is 0 Å². The number of nitrogens with zero attached hydrogens (tertiary/aromatic N) is 1. The van der Waals surface area contributed by atoms with Crippen molar-refractivity contribution in [1.82, 2.24) is 0 Å². The van der Waals surface area contributed by atoms with Gasteiger partial charge in [-0.15, -0.1) is 13.1 Å². The molecule has 36 valence electrons. The summed E-state index contributed by atoms with van der Waals surface area (Å²) < 4.78 is 0. The zero-order valence-corrected chi connectivity index (χ0v) is 4.15. The SMILES string of the molecule is CC1CC[N-]C1. The van der Waals surface area contributed by atoms with Crippen LogP contribution in [0.15, 0.2) is 0 Å². The molecule has 0 aromatic carbocycles. The van der Waals surface area contributed by atoms with Crippen molar-refractivity contribution in [3.05, 3.63) is 5.32 Å². The Bertz CT molecular complexity index is 37.2. The molecule has 1 rings (SSSR count). The van der Waals surface area contributed by atoms with Crippen molar-refractivity contribution >= 4 is 0 Å². The van der Waals surface area contributed by atoms with Crippen LogP contribution in [0.4, 0.5) is 0 Å². The first-order valence-corrected chi connectivity index (χ1v) is 2.53. The van der Waals surface area contributed by atoms with Crippen LogP contribution in [-0.4, -0.2) is 13.1 Å². The molecule has 1 saturated heterocycles. The minimum Gasteiger partial charge on any atom is -0.662 e. The van der Waals surface area contributed by atoms with E-state index in [2.05, 4.69) is 12.2 Å². The molecule has 0 amide bonds. The second-order valence-electron chi connectivity index (χ2n) is 2.02. The highest BCUT2D eigenvalue weighted by molar-refractivity contribution is 4.89. The quantitative estimate of drug-likeness (QED) is 0.421. The van der Waals surface area contributed by atoms with Crippen molar-refractivity contribution in [3.63, 3.8) is 0 Å². The Morgan fingerprint density at radius 3 is 2.67 bits per heavy atom. The number of rotatable bonds is 0. The van der Waals surface area contributed by atoms with E-state index in [-0.39, 0.29) is 0 Å². The zero-order valence-electron chi connectivity index (χ0n) is 4.15. The lowest BCUT2D eigenvalue weighted by molar-refractivity contribution is 0.665. The van der Waals surface area contributed by atoms with Crippen molar-refractivity contribution in [3.8, 4) is 0 Å². The molecule has 0 spiro atoms. The molecular formula is C5H10N-. The highest BCUT2D eigenvalue weighted by Gasteiger charge is 1.96. The van der Waals surface area contributed by atoms with Gasteiger partial charge in [-0.1, -0.05) is 19.3 Å². The molecule has 1 heterocycles. The monoisotopic (exact) mass is 84.1 g/mol. The lowest BCUT2D eigenvalue weighted by Gasteiger charge is -2.03. The topological polar surface area (TPSA) is 14.1 Å². The second-order valence-corrected chi connectivity index (χ2v) is 2.02. The Balaban J connectivity index is 2.18. The molecule has 0 radical (unpaired) electrons. The molecule has 0 aromatic heterocycles. The number of hydrogen-bond donors (Lipinski definition) is 0. The van der Waals surface area contributed by atoms with E-state index in [4.69, 9.17) is 0 Å². The zero-order chi connectivity index (χ0) is 4.41. The van der Waals surface area contributed by atoms with Crippen LogP contribution in [0, 0.1) is 5.92 Å². The van der Waals surface area contributed by atoms with Gasteiger partial charge in [0.25, 0.3) is 0 Å². The van der Waals surface area contributed by atoms with Gasteiger partial charge in [0, 0.05) is 0 Å². The van der Waals surface area contributed by atoms with E-state index < -0.39 is 0 Å². The van der Waals surface area contributed by atoms with Crippen LogP contribution in [0.5, 0.6) is 0 Å². The van der Waals surface area contributed by atoms with E-state index in [9.17, 15) is 0 Å². The average Bonchev–Trinajstić information content (AvgIpc) is 1.86. The minimum absolute atomic E-state index is 0.880. The van der Waals surface area contributed by atoms with Crippen LogP contribution >= 0.6 is 0 Å². The van der Waals surface area contributed by atoms with Crippen molar-refractivity contribution < 1.29 is 0 Å². The standard InChI is InChI=1S/C5H10N/c1-5-2-3-6-4-5/h5H,2-4H2,1H3/q-1. The maximum absolute atomic E-state index is 4.16. The van der Waals surface area contributed by atoms with E-state index in [0.717, 1.165) is 19.0 Å². The third kappa shape index (κ3) is 0.716. The largest absolute Gasteiger partial charge is 0.662 e. The third-order valence-electron chi connectivity index (χ3n) is 1.22. The van der Waals surface area contributed by atoms with Gasteiger partial charge in [0.05, 0.1) is 0 Å². The first-order chi connectivity index (χ1) is 2.89. The summed E-state index contributed by atoms with van der Waals surface area (Å²) in [5.74, 6) is 0.880. The normalized spacial score (nSPS) is 34.5. The van der Waals surface area contributed by atoms with Gasteiger partial charge in [0.15, 0.2) is 0 Å². The van der Waals surface area contributed by atoms with Gasteiger partial charge >= 0.3 is 0 Å². The van der Waals surface area contributed by atoms with Crippen LogP contribution in [-0.2, 0) is 0 Å². The smallest absolute Gasteiger partial charge is 0.0642 e. The van der Waals surface area contributed by atoms with Gasteiger partial charge in [0.1, 0.15) is 0 Å². The summed E-state index contributed by atoms with van der Waals surface area (Å²) in [5, 5.41) is 4.16. The van der Waals surface area contributed by atoms with Crippen LogP contribution < -0.4 is 0 Å². The summed E-state index contributed by atoms with van der Waals surface area (Å²) in [6.07, 6.45) is 1.32. The van der Waals surface area contributed by atoms with Crippen LogP contribution in [0.1, 0.15) is 13.3 Å². The Labute approximate surface area is 38.7 Å². The Hall–Kier alpha value is -0.0400. The first kappa shape index (κ1) is 4.13. The molecule has 6 heavy (non-hydrogen) atoms. The van der Waals surface area contributed by atoms with Crippen molar-refractivity contribution in [2.24, 2.45) is 5.92 Å². The van der Waals surface area contributed by atoms with E-state index in [1.165, 1.54) is 6.42 Å². The first-order valence-electron chi connectivity index (χ1n) is 2.53. The third-order valence-corrected chi connectivity index (χ3v) is 1.22. The lowest BCUT2D eigenvalue weighted by atomic mass is 10.2. The molecule has 1 nitrogen and oxygen atoms in total. The molecule has 0 bridgehead atoms. The Morgan fingerprint density at radius 2 is 2.50 bits per heavy atom. The molecule has 1 atom stereocenters. The van der Waals surface area contributed by atoms with E-state index in [1.807, 2.05) is 0 Å². The van der Waals surface area contributed by atoms with Crippen molar-refractivity contribution in [1.29, 1.82) is 0 Å². The van der Waals surface area contributed by atoms with Gasteiger partial charge in [-0.25, -0.2) is 0 Å². The van der Waals surface area contributed by atoms with Crippen LogP contribution in [0.2, 0.25) is 0 Å². The Kier molecular flexibility index (Phi) is 1.10. The lowest BCUT2D eigenvalue weighted by Crippen LogP contribution is -1.86. The summed E-state index contributed by atoms with van der Waals surface area (Å²) in [7, 11) is 0. The van der Waals surface area contributed by atoms with Crippen molar-refractivity contribution in [2.45, 2.75) is 13.3 Å². The van der Waals surface area contributed by atoms with Gasteiger partial charge in [-0.2, -0.15) is 0 Å². The number of hydrogen-bond acceptors (Lipinski definition) is 0. The summed E-state index contributed by atoms with van der Waals surface area (Å²) in [5.41, 5.74) is 0. The fraction of sp³-hybridized carbons (Fsp3) is 1.00. The van der Waals surface area contributed by atoms with E-state index >= 15 is 0 Å². The van der Waals surface area contributed by atoms with Gasteiger partial charge < -0.3 is 5.32 Å². The predicted octanol–water partition coefficient (Wildman–Crippen LogP) is 1.40. The molecule has 1 fully saturated rings. The fourth-order valence-corrected chi connectivity index (χ4v) is 0.715. The highest BCUT2D eigenvalue weighted by Crippen LogP contribution is 2.14. The minimum atomic E-state index is 0.880. The predicted molar refractivity (Wildman–Crippen MR) is 26.9 cm³/mol. The van der Waals surface area contributed by atoms with E-state index in [1.54, 1.807) is 0 Å². The van der Waals surface area contributed by atoms with Crippen LogP contribution in [0.3, 0.4) is 0 Å². The molecule has 0 saturated carbocycles. The van der Waals surface area contributed by atoms with Crippen molar-refractivity contribution in [2.75, 3.05) is 13.1 Å². The fourth-order valence-electron chi connectivity index (χ4n) is 0.715. The maximum atomic E-state index is 4.16. The average molecular weight is 84.1 g/mol. The molecular weight excluding hydrogens is 74.1 g/mol. The molecule has 1 aliphatic rings. The Morgan fingerprint density at radius 1 is 1.67 bits per heavy atom.